The second-order valence-corrected chi connectivity index (χ2v) is 1.23. The first-order valence-electron chi connectivity index (χ1n) is 3.51. The Morgan fingerprint density at radius 3 is 1.73 bits per heavy atom. The van der Waals surface area contributed by atoms with Crippen LogP contribution in [0.5, 0.6) is 0 Å². The average Bonchev–Trinajstić information content (AvgIpc) is 2.08. The fourth-order valence-corrected chi connectivity index (χ4v) is 0.0833. The molecular formula is C8H19NO2. The second-order valence-electron chi connectivity index (χ2n) is 1.23. The van der Waals surface area contributed by atoms with Gasteiger partial charge in [-0.25, -0.2) is 4.79 Å². The molecule has 0 saturated heterocycles. The van der Waals surface area contributed by atoms with E-state index < -0.39 is 5.97 Å². The Morgan fingerprint density at radius 1 is 1.45 bits per heavy atom. The number of rotatable bonds is 1. The van der Waals surface area contributed by atoms with Crippen LogP contribution in [0.4, 0.5) is 0 Å². The van der Waals surface area contributed by atoms with E-state index in [1.165, 1.54) is 7.11 Å². The minimum absolute atomic E-state index is 0.394. The van der Waals surface area contributed by atoms with Crippen molar-refractivity contribution in [3.8, 4) is 0 Å². The number of ether oxygens (including phenoxy) is 1. The summed E-state index contributed by atoms with van der Waals surface area (Å²) in [6.45, 7) is 7.16. The predicted molar refractivity (Wildman–Crippen MR) is 48.5 cm³/mol. The molecule has 0 heterocycles. The van der Waals surface area contributed by atoms with E-state index in [1.807, 2.05) is 27.9 Å². The summed E-state index contributed by atoms with van der Waals surface area (Å²) in [5.41, 5.74) is 0. The summed E-state index contributed by atoms with van der Waals surface area (Å²) in [7, 11) is 5.06. The first-order valence-corrected chi connectivity index (χ1v) is 3.51. The van der Waals surface area contributed by atoms with Crippen LogP contribution in [0.1, 0.15) is 13.8 Å². The van der Waals surface area contributed by atoms with Crippen molar-refractivity contribution in [3.05, 3.63) is 12.7 Å². The minimum Gasteiger partial charge on any atom is -0.466 e. The Morgan fingerprint density at radius 2 is 1.73 bits per heavy atom. The first kappa shape index (κ1) is 16.6. The van der Waals surface area contributed by atoms with Crippen LogP contribution in [-0.2, 0) is 9.53 Å². The van der Waals surface area contributed by atoms with Crippen LogP contribution in [0.3, 0.4) is 0 Å². The summed E-state index contributed by atoms with van der Waals surface area (Å²) >= 11 is 0. The van der Waals surface area contributed by atoms with Gasteiger partial charge in [0.15, 0.2) is 0 Å². The number of hydrogen-bond donors (Lipinski definition) is 1. The van der Waals surface area contributed by atoms with E-state index in [-0.39, 0.29) is 0 Å². The first-order chi connectivity index (χ1) is 5.22. The van der Waals surface area contributed by atoms with E-state index in [0.717, 1.165) is 6.08 Å². The molecule has 0 bridgehead atoms. The molecular weight excluding hydrogens is 142 g/mol. The lowest BCUT2D eigenvalue weighted by molar-refractivity contribution is -0.134. The van der Waals surface area contributed by atoms with E-state index in [9.17, 15) is 4.79 Å². The fourth-order valence-electron chi connectivity index (χ4n) is 0.0833. The number of carbonyl (C=O) groups excluding carboxylic acids is 1. The summed E-state index contributed by atoms with van der Waals surface area (Å²) in [6.07, 6.45) is 1.11. The normalized spacial score (nSPS) is 5.91. The van der Waals surface area contributed by atoms with Crippen LogP contribution < -0.4 is 5.32 Å². The third-order valence-electron chi connectivity index (χ3n) is 0.368. The molecule has 0 aliphatic carbocycles. The van der Waals surface area contributed by atoms with Crippen molar-refractivity contribution in [2.75, 3.05) is 21.2 Å². The van der Waals surface area contributed by atoms with Crippen LogP contribution in [0, 0.1) is 0 Å². The molecule has 0 radical (unpaired) electrons. The smallest absolute Gasteiger partial charge is 0.329 e. The molecule has 1 N–H and O–H groups in total. The SMILES string of the molecule is C=CC(=O)OC.CC.CNC. The van der Waals surface area contributed by atoms with E-state index in [2.05, 4.69) is 16.6 Å². The van der Waals surface area contributed by atoms with E-state index >= 15 is 0 Å². The molecule has 3 nitrogen and oxygen atoms in total. The molecule has 0 amide bonds. The summed E-state index contributed by atoms with van der Waals surface area (Å²) in [6, 6.07) is 0. The molecule has 68 valence electrons. The molecule has 0 saturated carbocycles. The molecule has 0 spiro atoms. The highest BCUT2D eigenvalue weighted by molar-refractivity contribution is 5.80. The molecule has 0 fully saturated rings. The van der Waals surface area contributed by atoms with E-state index in [1.54, 1.807) is 0 Å². The Balaban J connectivity index is -0.000000109. The van der Waals surface area contributed by atoms with Crippen molar-refractivity contribution < 1.29 is 9.53 Å². The van der Waals surface area contributed by atoms with Crippen molar-refractivity contribution in [2.24, 2.45) is 0 Å². The van der Waals surface area contributed by atoms with Gasteiger partial charge >= 0.3 is 5.97 Å². The topological polar surface area (TPSA) is 38.3 Å². The monoisotopic (exact) mass is 161 g/mol. The van der Waals surface area contributed by atoms with Crippen LogP contribution in [-0.4, -0.2) is 27.2 Å². The van der Waals surface area contributed by atoms with Crippen molar-refractivity contribution in [1.82, 2.24) is 5.32 Å². The van der Waals surface area contributed by atoms with Gasteiger partial charge < -0.3 is 10.1 Å². The summed E-state index contributed by atoms with van der Waals surface area (Å²) in [5, 5.41) is 2.75. The van der Waals surface area contributed by atoms with Crippen molar-refractivity contribution >= 4 is 5.97 Å². The number of esters is 1. The molecule has 0 aliphatic rings. The minimum atomic E-state index is -0.394. The summed E-state index contributed by atoms with van der Waals surface area (Å²) in [4.78, 5) is 9.84. The average molecular weight is 161 g/mol. The van der Waals surface area contributed by atoms with Gasteiger partial charge in [-0.2, -0.15) is 0 Å². The second kappa shape index (κ2) is 22.9. The van der Waals surface area contributed by atoms with Gasteiger partial charge in [0.2, 0.25) is 0 Å². The van der Waals surface area contributed by atoms with Gasteiger partial charge in [-0.15, -0.1) is 0 Å². The number of hydrogen-bond acceptors (Lipinski definition) is 3. The molecule has 0 atom stereocenters. The van der Waals surface area contributed by atoms with Crippen LogP contribution >= 0.6 is 0 Å². The lowest BCUT2D eigenvalue weighted by Gasteiger charge is -1.83. The standard InChI is InChI=1S/C4H6O2.C2H7N.C2H6/c1-3-4(5)6-2;1-3-2;1-2/h3H,1H2,2H3;3H,1-2H3;1-2H3. The molecule has 0 aromatic rings. The third-order valence-corrected chi connectivity index (χ3v) is 0.368. The molecule has 0 aliphatic heterocycles. The highest BCUT2D eigenvalue weighted by atomic mass is 16.5. The Kier molecular flexibility index (Phi) is 34.6. The zero-order valence-electron chi connectivity index (χ0n) is 8.10. The van der Waals surface area contributed by atoms with Crippen molar-refractivity contribution in [2.45, 2.75) is 13.8 Å². The lowest BCUT2D eigenvalue weighted by Crippen LogP contribution is -1.91. The van der Waals surface area contributed by atoms with Gasteiger partial charge in [-0.05, 0) is 14.1 Å². The van der Waals surface area contributed by atoms with Gasteiger partial charge in [-0.1, -0.05) is 20.4 Å². The fraction of sp³-hybridized carbons (Fsp3) is 0.625. The summed E-state index contributed by atoms with van der Waals surface area (Å²) in [5.74, 6) is -0.394. The largest absolute Gasteiger partial charge is 0.466 e. The van der Waals surface area contributed by atoms with Gasteiger partial charge in [0, 0.05) is 6.08 Å². The van der Waals surface area contributed by atoms with Crippen LogP contribution in [0.2, 0.25) is 0 Å². The molecule has 0 aromatic heterocycles. The van der Waals surface area contributed by atoms with Crippen LogP contribution in [0.15, 0.2) is 12.7 Å². The predicted octanol–water partition coefficient (Wildman–Crippen LogP) is 1.21. The quantitative estimate of drug-likeness (QED) is 0.464. The van der Waals surface area contributed by atoms with Gasteiger partial charge in [-0.3, -0.25) is 0 Å². The van der Waals surface area contributed by atoms with Gasteiger partial charge in [0.25, 0.3) is 0 Å². The Labute approximate surface area is 69.4 Å². The van der Waals surface area contributed by atoms with E-state index in [0.29, 0.717) is 0 Å². The maximum atomic E-state index is 9.84. The number of methoxy groups -OCH3 is 1. The highest BCUT2D eigenvalue weighted by Crippen LogP contribution is 1.67. The third kappa shape index (κ3) is 46.9. The maximum absolute atomic E-state index is 9.84. The zero-order valence-corrected chi connectivity index (χ0v) is 8.10. The Hall–Kier alpha value is -0.830. The maximum Gasteiger partial charge on any atom is 0.329 e. The van der Waals surface area contributed by atoms with Crippen molar-refractivity contribution in [1.29, 1.82) is 0 Å². The Bertz CT molecular complexity index is 82.2. The van der Waals surface area contributed by atoms with Crippen LogP contribution in [0.25, 0.3) is 0 Å². The molecule has 0 aromatic carbocycles. The number of carbonyl (C=O) groups is 1. The van der Waals surface area contributed by atoms with Gasteiger partial charge in [0.05, 0.1) is 7.11 Å². The van der Waals surface area contributed by atoms with Gasteiger partial charge in [0.1, 0.15) is 0 Å². The molecule has 0 unspecified atom stereocenters. The highest BCUT2D eigenvalue weighted by Gasteiger charge is 1.81. The lowest BCUT2D eigenvalue weighted by atomic mass is 10.7. The molecule has 11 heavy (non-hydrogen) atoms. The van der Waals surface area contributed by atoms with E-state index in [4.69, 9.17) is 0 Å². The number of nitrogens with one attached hydrogen (secondary N) is 1. The molecule has 3 heteroatoms. The zero-order chi connectivity index (χ0) is 9.70. The molecule has 0 rings (SSSR count). The van der Waals surface area contributed by atoms with Crippen molar-refractivity contribution in [3.63, 3.8) is 0 Å². The summed E-state index contributed by atoms with van der Waals surface area (Å²) < 4.78 is 4.14.